The van der Waals surface area contributed by atoms with E-state index in [0.717, 1.165) is 18.9 Å². The number of anilines is 2. The molecule has 1 aromatic heterocycles. The molecule has 2 saturated heterocycles. The monoisotopic (exact) mass is 233 g/mol. The zero-order valence-electron chi connectivity index (χ0n) is 10.2. The second-order valence-corrected chi connectivity index (χ2v) is 5.11. The molecule has 1 aromatic rings. The summed E-state index contributed by atoms with van der Waals surface area (Å²) in [5.74, 6) is 1.44. The van der Waals surface area contributed by atoms with Crippen LogP contribution in [0.3, 0.4) is 0 Å². The Labute approximate surface area is 102 Å². The van der Waals surface area contributed by atoms with Gasteiger partial charge in [-0.1, -0.05) is 0 Å². The first-order chi connectivity index (χ1) is 8.24. The fourth-order valence-electron chi connectivity index (χ4n) is 3.00. The van der Waals surface area contributed by atoms with Crippen molar-refractivity contribution >= 4 is 11.6 Å². The van der Waals surface area contributed by atoms with Gasteiger partial charge in [-0.15, -0.1) is 10.2 Å². The van der Waals surface area contributed by atoms with Gasteiger partial charge in [-0.3, -0.25) is 4.90 Å². The van der Waals surface area contributed by atoms with Crippen LogP contribution in [-0.4, -0.2) is 46.8 Å². The first-order valence-electron chi connectivity index (χ1n) is 6.34. The largest absolute Gasteiger partial charge is 0.382 e. The summed E-state index contributed by atoms with van der Waals surface area (Å²) in [6, 6.07) is 5.01. The molecule has 2 atom stereocenters. The number of nitrogens with two attached hydrogens (primary N) is 1. The number of hydrogen-bond acceptors (Lipinski definition) is 5. The molecule has 17 heavy (non-hydrogen) atoms. The maximum atomic E-state index is 5.58. The van der Waals surface area contributed by atoms with Gasteiger partial charge in [0.25, 0.3) is 0 Å². The molecular weight excluding hydrogens is 214 g/mol. The van der Waals surface area contributed by atoms with Gasteiger partial charge in [-0.25, -0.2) is 0 Å². The molecular formula is C12H19N5. The topological polar surface area (TPSA) is 58.3 Å². The van der Waals surface area contributed by atoms with E-state index in [1.807, 2.05) is 12.1 Å². The summed E-state index contributed by atoms with van der Waals surface area (Å²) in [5, 5.41) is 8.15. The predicted octanol–water partition coefficient (Wildman–Crippen LogP) is 0.732. The highest BCUT2D eigenvalue weighted by atomic mass is 15.4. The standard InChI is InChI=1S/C12H19N5/c1-9-7-16-6-2-3-10(16)8-17(9)12-5-4-11(13)14-15-12/h4-5,9-10H,2-3,6-8H2,1H3,(H2,13,14). The van der Waals surface area contributed by atoms with E-state index in [1.54, 1.807) is 0 Å². The van der Waals surface area contributed by atoms with E-state index in [2.05, 4.69) is 26.9 Å². The van der Waals surface area contributed by atoms with E-state index in [1.165, 1.54) is 19.4 Å². The Bertz CT molecular complexity index is 390. The molecule has 0 amide bonds. The van der Waals surface area contributed by atoms with Crippen molar-refractivity contribution in [2.24, 2.45) is 0 Å². The van der Waals surface area contributed by atoms with Crippen LogP contribution >= 0.6 is 0 Å². The molecule has 0 spiro atoms. The lowest BCUT2D eigenvalue weighted by Gasteiger charge is -2.42. The normalized spacial score (nSPS) is 29.4. The molecule has 0 saturated carbocycles. The molecule has 2 aliphatic rings. The fraction of sp³-hybridized carbons (Fsp3) is 0.667. The number of nitrogen functional groups attached to an aromatic ring is 1. The van der Waals surface area contributed by atoms with Crippen LogP contribution in [0.15, 0.2) is 12.1 Å². The second kappa shape index (κ2) is 4.14. The van der Waals surface area contributed by atoms with Crippen molar-refractivity contribution in [2.45, 2.75) is 31.8 Å². The summed E-state index contributed by atoms with van der Waals surface area (Å²) < 4.78 is 0. The number of rotatable bonds is 1. The van der Waals surface area contributed by atoms with Crippen LogP contribution < -0.4 is 10.6 Å². The molecule has 92 valence electrons. The van der Waals surface area contributed by atoms with Gasteiger partial charge >= 0.3 is 0 Å². The van der Waals surface area contributed by atoms with Crippen molar-refractivity contribution in [1.82, 2.24) is 15.1 Å². The lowest BCUT2D eigenvalue weighted by Crippen LogP contribution is -2.55. The van der Waals surface area contributed by atoms with E-state index in [9.17, 15) is 0 Å². The first kappa shape index (κ1) is 10.8. The van der Waals surface area contributed by atoms with Crippen LogP contribution in [-0.2, 0) is 0 Å². The van der Waals surface area contributed by atoms with Gasteiger partial charge in [0.05, 0.1) is 0 Å². The lowest BCUT2D eigenvalue weighted by molar-refractivity contribution is 0.202. The average Bonchev–Trinajstić information content (AvgIpc) is 2.76. The highest BCUT2D eigenvalue weighted by molar-refractivity contribution is 5.43. The maximum Gasteiger partial charge on any atom is 0.151 e. The van der Waals surface area contributed by atoms with Gasteiger partial charge in [0.1, 0.15) is 5.82 Å². The summed E-state index contributed by atoms with van der Waals surface area (Å²) in [4.78, 5) is 4.96. The molecule has 3 rings (SSSR count). The van der Waals surface area contributed by atoms with Gasteiger partial charge in [0.15, 0.2) is 5.82 Å². The minimum atomic E-state index is 0.487. The molecule has 2 fully saturated rings. The highest BCUT2D eigenvalue weighted by Crippen LogP contribution is 2.27. The highest BCUT2D eigenvalue weighted by Gasteiger charge is 2.34. The van der Waals surface area contributed by atoms with Crippen molar-refractivity contribution < 1.29 is 0 Å². The van der Waals surface area contributed by atoms with Gasteiger partial charge in [-0.2, -0.15) is 0 Å². The molecule has 2 aliphatic heterocycles. The molecule has 2 unspecified atom stereocenters. The quantitative estimate of drug-likeness (QED) is 0.775. The number of aromatic nitrogens is 2. The zero-order chi connectivity index (χ0) is 11.8. The van der Waals surface area contributed by atoms with Crippen LogP contribution in [0.5, 0.6) is 0 Å². The summed E-state index contributed by atoms with van der Waals surface area (Å²) in [7, 11) is 0. The third-order valence-electron chi connectivity index (χ3n) is 3.90. The van der Waals surface area contributed by atoms with Crippen molar-refractivity contribution in [1.29, 1.82) is 0 Å². The Balaban J connectivity index is 1.80. The van der Waals surface area contributed by atoms with Crippen LogP contribution in [0.4, 0.5) is 11.6 Å². The smallest absolute Gasteiger partial charge is 0.151 e. The Morgan fingerprint density at radius 1 is 1.29 bits per heavy atom. The maximum absolute atomic E-state index is 5.58. The van der Waals surface area contributed by atoms with Gasteiger partial charge in [0, 0.05) is 25.2 Å². The number of piperazine rings is 1. The Kier molecular flexibility index (Phi) is 2.63. The molecule has 0 aliphatic carbocycles. The second-order valence-electron chi connectivity index (χ2n) is 5.11. The third-order valence-corrected chi connectivity index (χ3v) is 3.90. The molecule has 3 heterocycles. The molecule has 0 radical (unpaired) electrons. The molecule has 0 bridgehead atoms. The van der Waals surface area contributed by atoms with Gasteiger partial charge < -0.3 is 10.6 Å². The van der Waals surface area contributed by atoms with Crippen LogP contribution in [0.2, 0.25) is 0 Å². The Morgan fingerprint density at radius 2 is 2.18 bits per heavy atom. The predicted molar refractivity (Wildman–Crippen MR) is 67.8 cm³/mol. The minimum Gasteiger partial charge on any atom is -0.382 e. The summed E-state index contributed by atoms with van der Waals surface area (Å²) in [6.45, 7) is 5.72. The fourth-order valence-corrected chi connectivity index (χ4v) is 3.00. The van der Waals surface area contributed by atoms with Crippen molar-refractivity contribution in [2.75, 3.05) is 30.3 Å². The van der Waals surface area contributed by atoms with E-state index in [4.69, 9.17) is 5.73 Å². The zero-order valence-corrected chi connectivity index (χ0v) is 10.2. The first-order valence-corrected chi connectivity index (χ1v) is 6.34. The van der Waals surface area contributed by atoms with Gasteiger partial charge in [-0.05, 0) is 38.4 Å². The summed E-state index contributed by atoms with van der Waals surface area (Å²) in [6.07, 6.45) is 2.64. The van der Waals surface area contributed by atoms with E-state index in [-0.39, 0.29) is 0 Å². The molecule has 2 N–H and O–H groups in total. The molecule has 5 heteroatoms. The lowest BCUT2D eigenvalue weighted by atomic mass is 10.1. The number of fused-ring (bicyclic) bond motifs is 1. The number of hydrogen-bond donors (Lipinski definition) is 1. The average molecular weight is 233 g/mol. The van der Waals surface area contributed by atoms with Crippen LogP contribution in [0.25, 0.3) is 0 Å². The SMILES string of the molecule is CC1CN2CCCC2CN1c1ccc(N)nn1. The summed E-state index contributed by atoms with van der Waals surface area (Å²) >= 11 is 0. The van der Waals surface area contributed by atoms with Crippen molar-refractivity contribution in [3.8, 4) is 0 Å². The molecule has 5 nitrogen and oxygen atoms in total. The van der Waals surface area contributed by atoms with Crippen molar-refractivity contribution in [3.05, 3.63) is 12.1 Å². The van der Waals surface area contributed by atoms with Gasteiger partial charge in [0.2, 0.25) is 0 Å². The van der Waals surface area contributed by atoms with E-state index in [0.29, 0.717) is 17.9 Å². The Hall–Kier alpha value is -1.36. The van der Waals surface area contributed by atoms with Crippen molar-refractivity contribution in [3.63, 3.8) is 0 Å². The summed E-state index contributed by atoms with van der Waals surface area (Å²) in [5.41, 5.74) is 5.58. The van der Waals surface area contributed by atoms with E-state index >= 15 is 0 Å². The van der Waals surface area contributed by atoms with E-state index < -0.39 is 0 Å². The third kappa shape index (κ3) is 1.95. The Morgan fingerprint density at radius 3 is 2.94 bits per heavy atom. The molecule has 0 aromatic carbocycles. The van der Waals surface area contributed by atoms with Crippen LogP contribution in [0.1, 0.15) is 19.8 Å². The minimum absolute atomic E-state index is 0.487. The van der Waals surface area contributed by atoms with Crippen LogP contribution in [0, 0.1) is 0 Å². The number of nitrogens with zero attached hydrogens (tertiary/aromatic N) is 4.